The molecule has 0 N–H and O–H groups in total. The Labute approximate surface area is 173 Å². The van der Waals surface area contributed by atoms with Gasteiger partial charge < -0.3 is 9.64 Å². The van der Waals surface area contributed by atoms with Crippen LogP contribution in [0.2, 0.25) is 0 Å². The average Bonchev–Trinajstić information content (AvgIpc) is 3.29. The highest BCUT2D eigenvalue weighted by Gasteiger charge is 2.23. The van der Waals surface area contributed by atoms with E-state index in [1.54, 1.807) is 35.8 Å². The maximum atomic E-state index is 13.6. The van der Waals surface area contributed by atoms with Crippen LogP contribution in [0.1, 0.15) is 40.0 Å². The van der Waals surface area contributed by atoms with Gasteiger partial charge in [-0.05, 0) is 58.1 Å². The third-order valence-electron chi connectivity index (χ3n) is 5.25. The summed E-state index contributed by atoms with van der Waals surface area (Å²) >= 11 is 3.38. The summed E-state index contributed by atoms with van der Waals surface area (Å²) in [5, 5.41) is 4.27. The number of aromatic nitrogens is 2. The molecule has 3 heterocycles. The first-order valence-electron chi connectivity index (χ1n) is 9.46. The van der Waals surface area contributed by atoms with Gasteiger partial charge in [-0.1, -0.05) is 0 Å². The fourth-order valence-corrected chi connectivity index (χ4v) is 5.71. The van der Waals surface area contributed by atoms with Gasteiger partial charge in [-0.3, -0.25) is 0 Å². The predicted molar refractivity (Wildman–Crippen MR) is 113 cm³/mol. The van der Waals surface area contributed by atoms with Crippen LogP contribution in [-0.4, -0.2) is 42.1 Å². The van der Waals surface area contributed by atoms with Gasteiger partial charge in [0.25, 0.3) is 0 Å². The lowest BCUT2D eigenvalue weighted by Gasteiger charge is -2.27. The topological polar surface area (TPSA) is 38.2 Å². The van der Waals surface area contributed by atoms with Gasteiger partial charge >= 0.3 is 0 Å². The van der Waals surface area contributed by atoms with Crippen molar-refractivity contribution >= 4 is 22.7 Å². The molecule has 2 aromatic heterocycles. The van der Waals surface area contributed by atoms with Crippen molar-refractivity contribution in [3.05, 3.63) is 50.7 Å². The molecule has 0 spiro atoms. The molecule has 4 nitrogen and oxygen atoms in total. The molecule has 7 heteroatoms. The fourth-order valence-electron chi connectivity index (χ4n) is 3.63. The predicted octanol–water partition coefficient (Wildman–Crippen LogP) is 5.12. The Morgan fingerprint density at radius 1 is 1.25 bits per heavy atom. The van der Waals surface area contributed by atoms with Gasteiger partial charge in [0.05, 0.1) is 33.4 Å². The second kappa shape index (κ2) is 8.27. The lowest BCUT2D eigenvalue weighted by Crippen LogP contribution is -2.29. The Balaban J connectivity index is 1.54. The maximum Gasteiger partial charge on any atom is 0.123 e. The van der Waals surface area contributed by atoms with Crippen LogP contribution in [-0.2, 0) is 6.42 Å². The molecule has 0 unspecified atom stereocenters. The normalized spacial score (nSPS) is 15.9. The number of ether oxygens (including phenoxy) is 1. The van der Waals surface area contributed by atoms with Crippen LogP contribution >= 0.6 is 22.7 Å². The van der Waals surface area contributed by atoms with Crippen molar-refractivity contribution in [1.82, 2.24) is 14.9 Å². The second-order valence-electron chi connectivity index (χ2n) is 7.30. The van der Waals surface area contributed by atoms with Gasteiger partial charge in [-0.2, -0.15) is 0 Å². The summed E-state index contributed by atoms with van der Waals surface area (Å²) in [5.74, 6) is 0.994. The highest BCUT2D eigenvalue weighted by Crippen LogP contribution is 2.37. The van der Waals surface area contributed by atoms with Gasteiger partial charge in [0.1, 0.15) is 11.6 Å². The second-order valence-corrected chi connectivity index (χ2v) is 9.28. The third kappa shape index (κ3) is 4.11. The van der Waals surface area contributed by atoms with E-state index in [2.05, 4.69) is 24.3 Å². The highest BCUT2D eigenvalue weighted by atomic mass is 32.1. The Kier molecular flexibility index (Phi) is 5.75. The molecule has 0 bridgehead atoms. The zero-order valence-electron chi connectivity index (χ0n) is 16.4. The molecule has 0 aliphatic carbocycles. The van der Waals surface area contributed by atoms with Crippen molar-refractivity contribution in [1.29, 1.82) is 0 Å². The van der Waals surface area contributed by atoms with E-state index >= 15 is 0 Å². The summed E-state index contributed by atoms with van der Waals surface area (Å²) in [6.07, 6.45) is 2.90. The molecule has 148 valence electrons. The minimum atomic E-state index is -0.256. The van der Waals surface area contributed by atoms with E-state index in [4.69, 9.17) is 14.7 Å². The number of nitrogens with zero attached hydrogens (tertiary/aromatic N) is 3. The van der Waals surface area contributed by atoms with Gasteiger partial charge in [0.15, 0.2) is 0 Å². The molecular formula is C21H24FN3OS2. The summed E-state index contributed by atoms with van der Waals surface area (Å²) in [6, 6.07) is 4.61. The summed E-state index contributed by atoms with van der Waals surface area (Å²) in [7, 11) is 3.79. The minimum Gasteiger partial charge on any atom is -0.496 e. The first kappa shape index (κ1) is 19.5. The van der Waals surface area contributed by atoms with Crippen molar-refractivity contribution in [2.45, 2.75) is 32.1 Å². The van der Waals surface area contributed by atoms with Crippen LogP contribution in [0, 0.1) is 12.7 Å². The smallest absolute Gasteiger partial charge is 0.123 e. The van der Waals surface area contributed by atoms with E-state index in [1.165, 1.54) is 30.0 Å². The molecule has 3 aromatic rings. The molecule has 1 aromatic carbocycles. The number of rotatable bonds is 5. The SMILES string of the molecule is COc1ccc(F)cc1Cc1nc(-c2sc(C3CCN(C)CC3)nc2C)cs1. The number of likely N-dealkylation sites (tertiary alicyclic amines) is 1. The zero-order chi connectivity index (χ0) is 19.7. The van der Waals surface area contributed by atoms with Gasteiger partial charge in [0.2, 0.25) is 0 Å². The quantitative estimate of drug-likeness (QED) is 0.577. The van der Waals surface area contributed by atoms with Gasteiger partial charge in [0, 0.05) is 23.3 Å². The first-order valence-corrected chi connectivity index (χ1v) is 11.2. The average molecular weight is 418 g/mol. The molecule has 4 rings (SSSR count). The molecule has 0 radical (unpaired) electrons. The van der Waals surface area contributed by atoms with E-state index in [0.717, 1.165) is 39.9 Å². The van der Waals surface area contributed by atoms with Crippen molar-refractivity contribution in [3.8, 4) is 16.3 Å². The van der Waals surface area contributed by atoms with Crippen LogP contribution in [0.4, 0.5) is 4.39 Å². The number of hydrogen-bond donors (Lipinski definition) is 0. The molecule has 1 fully saturated rings. The molecule has 1 saturated heterocycles. The number of methoxy groups -OCH3 is 1. The largest absolute Gasteiger partial charge is 0.496 e. The summed E-state index contributed by atoms with van der Waals surface area (Å²) < 4.78 is 19.0. The van der Waals surface area contributed by atoms with Crippen molar-refractivity contribution < 1.29 is 9.13 Å². The number of benzene rings is 1. The monoisotopic (exact) mass is 417 g/mol. The zero-order valence-corrected chi connectivity index (χ0v) is 18.0. The van der Waals surface area contributed by atoms with E-state index < -0.39 is 0 Å². The molecule has 1 aliphatic heterocycles. The molecule has 28 heavy (non-hydrogen) atoms. The fraction of sp³-hybridized carbons (Fsp3) is 0.429. The summed E-state index contributed by atoms with van der Waals surface area (Å²) in [5.41, 5.74) is 2.85. The van der Waals surface area contributed by atoms with E-state index in [0.29, 0.717) is 18.1 Å². The molecule has 1 aliphatic rings. The van der Waals surface area contributed by atoms with Crippen molar-refractivity contribution in [2.75, 3.05) is 27.2 Å². The Bertz CT molecular complexity index is 960. The highest BCUT2D eigenvalue weighted by molar-refractivity contribution is 7.16. The van der Waals surface area contributed by atoms with Crippen LogP contribution in [0.25, 0.3) is 10.6 Å². The Hall–Kier alpha value is -1.83. The van der Waals surface area contributed by atoms with Crippen LogP contribution in [0.3, 0.4) is 0 Å². The van der Waals surface area contributed by atoms with Gasteiger partial charge in [-0.25, -0.2) is 14.4 Å². The lowest BCUT2D eigenvalue weighted by molar-refractivity contribution is 0.255. The summed E-state index contributed by atoms with van der Waals surface area (Å²) in [6.45, 7) is 4.34. The molecular weight excluding hydrogens is 393 g/mol. The van der Waals surface area contributed by atoms with E-state index in [1.807, 2.05) is 0 Å². The number of thiazole rings is 2. The molecule has 0 amide bonds. The van der Waals surface area contributed by atoms with E-state index in [-0.39, 0.29) is 5.82 Å². The molecule has 0 saturated carbocycles. The van der Waals surface area contributed by atoms with Crippen molar-refractivity contribution in [2.24, 2.45) is 0 Å². The van der Waals surface area contributed by atoms with Crippen LogP contribution in [0.5, 0.6) is 5.75 Å². The summed E-state index contributed by atoms with van der Waals surface area (Å²) in [4.78, 5) is 13.2. The number of halogens is 1. The van der Waals surface area contributed by atoms with E-state index in [9.17, 15) is 4.39 Å². The van der Waals surface area contributed by atoms with Crippen molar-refractivity contribution in [3.63, 3.8) is 0 Å². The number of aryl methyl sites for hydroxylation is 1. The Morgan fingerprint density at radius 2 is 2.04 bits per heavy atom. The minimum absolute atomic E-state index is 0.256. The number of hydrogen-bond acceptors (Lipinski definition) is 6. The maximum absolute atomic E-state index is 13.6. The standard InChI is InChI=1S/C21H24FN3OS2/c1-13-20(28-21(23-13)14-6-8-25(2)9-7-14)17-12-27-19(24-17)11-15-10-16(22)4-5-18(15)26-3/h4-5,10,12,14H,6-9,11H2,1-3H3. The molecule has 0 atom stereocenters. The third-order valence-corrected chi connectivity index (χ3v) is 7.44. The first-order chi connectivity index (χ1) is 13.5. The lowest BCUT2D eigenvalue weighted by atomic mass is 9.98. The number of piperidine rings is 1. The van der Waals surface area contributed by atoms with Crippen LogP contribution in [0.15, 0.2) is 23.6 Å². The Morgan fingerprint density at radius 3 is 2.79 bits per heavy atom. The van der Waals surface area contributed by atoms with Gasteiger partial charge in [-0.15, -0.1) is 22.7 Å². The van der Waals surface area contributed by atoms with Crippen LogP contribution < -0.4 is 4.74 Å².